The molecule has 1 rings (SSSR count). The average Bonchev–Trinajstić information content (AvgIpc) is 2.42. The molecule has 0 aliphatic heterocycles. The number of benzene rings is 1. The van der Waals surface area contributed by atoms with Crippen LogP contribution in [0.5, 0.6) is 5.75 Å². The summed E-state index contributed by atoms with van der Waals surface area (Å²) < 4.78 is 41.9. The van der Waals surface area contributed by atoms with E-state index in [2.05, 4.69) is 0 Å². The first kappa shape index (κ1) is 17.8. The minimum Gasteiger partial charge on any atom is -0.494 e. The summed E-state index contributed by atoms with van der Waals surface area (Å²) in [6.45, 7) is 3.02. The van der Waals surface area contributed by atoms with Crippen LogP contribution in [-0.4, -0.2) is 37.8 Å². The third-order valence-electron chi connectivity index (χ3n) is 3.07. The fourth-order valence-corrected chi connectivity index (χ4v) is 1.88. The van der Waals surface area contributed by atoms with Crippen molar-refractivity contribution in [1.82, 2.24) is 4.90 Å². The highest BCUT2D eigenvalue weighted by Gasteiger charge is 2.27. The minimum atomic E-state index is -4.13. The maximum atomic E-state index is 12.2. The first-order valence-electron chi connectivity index (χ1n) is 7.05. The molecular formula is C15H23F3N2O. The second-order valence-electron chi connectivity index (χ2n) is 5.15. The predicted octanol–water partition coefficient (Wildman–Crippen LogP) is 3.36. The minimum absolute atomic E-state index is 0.0467. The smallest absolute Gasteiger partial charge is 0.390 e. The summed E-state index contributed by atoms with van der Waals surface area (Å²) in [5, 5.41) is 0. The Labute approximate surface area is 123 Å². The molecular weight excluding hydrogens is 281 g/mol. The van der Waals surface area contributed by atoms with Crippen LogP contribution in [0.25, 0.3) is 0 Å². The van der Waals surface area contributed by atoms with E-state index in [0.717, 1.165) is 17.7 Å². The van der Waals surface area contributed by atoms with Crippen LogP contribution in [0, 0.1) is 0 Å². The lowest BCUT2D eigenvalue weighted by Crippen LogP contribution is -2.31. The lowest BCUT2D eigenvalue weighted by Gasteiger charge is -2.22. The SMILES string of the molecule is CCCOc1ccc(C(N)CN(C)CCC(F)(F)F)cc1. The molecule has 1 unspecified atom stereocenters. The van der Waals surface area contributed by atoms with Gasteiger partial charge in [-0.1, -0.05) is 19.1 Å². The summed E-state index contributed by atoms with van der Waals surface area (Å²) in [6.07, 6.45) is -4.01. The van der Waals surface area contributed by atoms with Gasteiger partial charge in [-0.2, -0.15) is 13.2 Å². The van der Waals surface area contributed by atoms with Gasteiger partial charge in [0.15, 0.2) is 0 Å². The lowest BCUT2D eigenvalue weighted by atomic mass is 10.1. The molecule has 0 amide bonds. The van der Waals surface area contributed by atoms with Gasteiger partial charge in [0, 0.05) is 19.1 Å². The average molecular weight is 304 g/mol. The monoisotopic (exact) mass is 304 g/mol. The molecule has 1 aromatic carbocycles. The van der Waals surface area contributed by atoms with Gasteiger partial charge in [-0.25, -0.2) is 0 Å². The summed E-state index contributed by atoms with van der Waals surface area (Å²) in [5.41, 5.74) is 6.91. The zero-order valence-electron chi connectivity index (χ0n) is 12.5. The van der Waals surface area contributed by atoms with Crippen molar-refractivity contribution < 1.29 is 17.9 Å². The van der Waals surface area contributed by atoms with E-state index in [1.165, 1.54) is 0 Å². The Morgan fingerprint density at radius 1 is 1.24 bits per heavy atom. The second-order valence-corrected chi connectivity index (χ2v) is 5.15. The van der Waals surface area contributed by atoms with Crippen molar-refractivity contribution >= 4 is 0 Å². The Hall–Kier alpha value is -1.27. The van der Waals surface area contributed by atoms with Crippen molar-refractivity contribution in [3.8, 4) is 5.75 Å². The topological polar surface area (TPSA) is 38.5 Å². The third kappa shape index (κ3) is 7.34. The fourth-order valence-electron chi connectivity index (χ4n) is 1.88. The molecule has 0 saturated heterocycles. The molecule has 0 saturated carbocycles. The van der Waals surface area contributed by atoms with E-state index in [-0.39, 0.29) is 12.6 Å². The summed E-state index contributed by atoms with van der Waals surface area (Å²) in [6, 6.07) is 7.06. The zero-order chi connectivity index (χ0) is 15.9. The molecule has 2 N–H and O–H groups in total. The standard InChI is InChI=1S/C15H23F3N2O/c1-3-10-21-13-6-4-12(5-7-13)14(19)11-20(2)9-8-15(16,17)18/h4-7,14H,3,8-11,19H2,1-2H3. The largest absolute Gasteiger partial charge is 0.494 e. The van der Waals surface area contributed by atoms with E-state index in [1.807, 2.05) is 31.2 Å². The zero-order valence-corrected chi connectivity index (χ0v) is 12.5. The molecule has 6 heteroatoms. The Bertz CT molecular complexity index is 406. The number of likely N-dealkylation sites (N-methyl/N-ethyl adjacent to an activating group) is 1. The first-order chi connectivity index (χ1) is 9.81. The molecule has 1 aromatic rings. The lowest BCUT2D eigenvalue weighted by molar-refractivity contribution is -0.137. The molecule has 0 fully saturated rings. The number of nitrogens with zero attached hydrogens (tertiary/aromatic N) is 1. The maximum Gasteiger partial charge on any atom is 0.390 e. The summed E-state index contributed by atoms with van der Waals surface area (Å²) >= 11 is 0. The molecule has 0 aliphatic carbocycles. The summed E-state index contributed by atoms with van der Waals surface area (Å²) in [7, 11) is 1.64. The molecule has 0 radical (unpaired) electrons. The highest BCUT2D eigenvalue weighted by atomic mass is 19.4. The Morgan fingerprint density at radius 2 is 1.86 bits per heavy atom. The first-order valence-corrected chi connectivity index (χ1v) is 7.05. The number of alkyl halides is 3. The van der Waals surface area contributed by atoms with Crippen LogP contribution in [0.1, 0.15) is 31.4 Å². The van der Waals surface area contributed by atoms with Crippen LogP contribution >= 0.6 is 0 Å². The van der Waals surface area contributed by atoms with Gasteiger partial charge in [0.1, 0.15) is 5.75 Å². The van der Waals surface area contributed by atoms with Gasteiger partial charge in [-0.3, -0.25) is 0 Å². The highest BCUT2D eigenvalue weighted by Crippen LogP contribution is 2.21. The Balaban J connectivity index is 2.45. The molecule has 0 bridgehead atoms. The second kappa shape index (κ2) is 8.24. The Morgan fingerprint density at radius 3 is 2.38 bits per heavy atom. The van der Waals surface area contributed by atoms with Gasteiger partial charge in [0.2, 0.25) is 0 Å². The van der Waals surface area contributed by atoms with Crippen LogP contribution < -0.4 is 10.5 Å². The quantitative estimate of drug-likeness (QED) is 0.800. The third-order valence-corrected chi connectivity index (χ3v) is 3.07. The van der Waals surface area contributed by atoms with Crippen LogP contribution in [-0.2, 0) is 0 Å². The van der Waals surface area contributed by atoms with Crippen LogP contribution in [0.15, 0.2) is 24.3 Å². The maximum absolute atomic E-state index is 12.2. The van der Waals surface area contributed by atoms with Crippen molar-refractivity contribution in [2.45, 2.75) is 32.0 Å². The van der Waals surface area contributed by atoms with Crippen molar-refractivity contribution in [1.29, 1.82) is 0 Å². The van der Waals surface area contributed by atoms with Gasteiger partial charge < -0.3 is 15.4 Å². The Kier molecular flexibility index (Phi) is 6.98. The van der Waals surface area contributed by atoms with Gasteiger partial charge in [0.05, 0.1) is 13.0 Å². The van der Waals surface area contributed by atoms with Crippen molar-refractivity contribution in [2.24, 2.45) is 5.73 Å². The molecule has 0 aliphatic rings. The summed E-state index contributed by atoms with van der Waals surface area (Å²) in [5.74, 6) is 0.776. The number of nitrogens with two attached hydrogens (primary N) is 1. The van der Waals surface area contributed by atoms with Crippen LogP contribution in [0.3, 0.4) is 0 Å². The highest BCUT2D eigenvalue weighted by molar-refractivity contribution is 5.29. The van der Waals surface area contributed by atoms with E-state index in [1.54, 1.807) is 11.9 Å². The molecule has 3 nitrogen and oxygen atoms in total. The van der Waals surface area contributed by atoms with Crippen LogP contribution in [0.2, 0.25) is 0 Å². The molecule has 0 heterocycles. The summed E-state index contributed by atoms with van der Waals surface area (Å²) in [4.78, 5) is 1.60. The molecule has 1 atom stereocenters. The molecule has 21 heavy (non-hydrogen) atoms. The van der Waals surface area contributed by atoms with E-state index in [4.69, 9.17) is 10.5 Å². The number of halogens is 3. The number of hydrogen-bond donors (Lipinski definition) is 1. The van der Waals surface area contributed by atoms with Gasteiger partial charge in [-0.05, 0) is 31.2 Å². The van der Waals surface area contributed by atoms with Gasteiger partial charge in [0.25, 0.3) is 0 Å². The van der Waals surface area contributed by atoms with Gasteiger partial charge in [-0.15, -0.1) is 0 Å². The van der Waals surface area contributed by atoms with Crippen molar-refractivity contribution in [2.75, 3.05) is 26.7 Å². The molecule has 120 valence electrons. The van der Waals surface area contributed by atoms with E-state index < -0.39 is 12.6 Å². The van der Waals surface area contributed by atoms with Crippen LogP contribution in [0.4, 0.5) is 13.2 Å². The van der Waals surface area contributed by atoms with E-state index >= 15 is 0 Å². The number of ether oxygens (including phenoxy) is 1. The van der Waals surface area contributed by atoms with E-state index in [9.17, 15) is 13.2 Å². The number of rotatable bonds is 8. The molecule has 0 spiro atoms. The normalized spacial score (nSPS) is 13.5. The predicted molar refractivity (Wildman–Crippen MR) is 77.3 cm³/mol. The van der Waals surface area contributed by atoms with Gasteiger partial charge >= 0.3 is 6.18 Å². The number of hydrogen-bond acceptors (Lipinski definition) is 3. The molecule has 0 aromatic heterocycles. The van der Waals surface area contributed by atoms with Crippen molar-refractivity contribution in [3.63, 3.8) is 0 Å². The fraction of sp³-hybridized carbons (Fsp3) is 0.600. The van der Waals surface area contributed by atoms with E-state index in [0.29, 0.717) is 13.2 Å². The van der Waals surface area contributed by atoms with Crippen molar-refractivity contribution in [3.05, 3.63) is 29.8 Å².